The first kappa shape index (κ1) is 16.0. The fourth-order valence-electron chi connectivity index (χ4n) is 2.53. The van der Waals surface area contributed by atoms with Gasteiger partial charge >= 0.3 is 0 Å². The Balaban J connectivity index is 2.01. The van der Waals surface area contributed by atoms with E-state index < -0.39 is 0 Å². The van der Waals surface area contributed by atoms with Crippen molar-refractivity contribution < 1.29 is 4.39 Å². The number of nitrogens with two attached hydrogens (primary N) is 1. The Labute approximate surface area is 133 Å². The summed E-state index contributed by atoms with van der Waals surface area (Å²) in [7, 11) is 0. The van der Waals surface area contributed by atoms with Crippen LogP contribution in [0.15, 0.2) is 18.2 Å². The predicted octanol–water partition coefficient (Wildman–Crippen LogP) is 3.46. The van der Waals surface area contributed by atoms with Gasteiger partial charge in [-0.2, -0.15) is 11.8 Å². The highest BCUT2D eigenvalue weighted by molar-refractivity contribution is 8.02. The van der Waals surface area contributed by atoms with Crippen LogP contribution in [0.25, 0.3) is 0 Å². The topological polar surface area (TPSA) is 29.3 Å². The SMILES string of the molecule is CSC1(C(N)=S)CCN(Cc2cccc(F)c2Cl)CC1. The molecule has 1 heterocycles. The molecule has 0 aliphatic carbocycles. The van der Waals surface area contributed by atoms with E-state index in [1.54, 1.807) is 17.8 Å². The maximum Gasteiger partial charge on any atom is 0.142 e. The number of rotatable bonds is 4. The molecule has 1 aromatic rings. The Morgan fingerprint density at radius 2 is 2.15 bits per heavy atom. The van der Waals surface area contributed by atoms with Crippen LogP contribution in [0.2, 0.25) is 5.02 Å². The number of thioether (sulfide) groups is 1. The Morgan fingerprint density at radius 3 is 2.70 bits per heavy atom. The lowest BCUT2D eigenvalue weighted by molar-refractivity contribution is 0.212. The summed E-state index contributed by atoms with van der Waals surface area (Å²) in [5.74, 6) is -0.359. The molecule has 0 unspecified atom stereocenters. The van der Waals surface area contributed by atoms with Gasteiger partial charge in [0.05, 0.1) is 14.8 Å². The molecule has 1 saturated heterocycles. The van der Waals surface area contributed by atoms with Gasteiger partial charge in [-0.3, -0.25) is 4.90 Å². The number of likely N-dealkylation sites (tertiary alicyclic amines) is 1. The summed E-state index contributed by atoms with van der Waals surface area (Å²) in [5, 5.41) is 0.226. The lowest BCUT2D eigenvalue weighted by Gasteiger charge is -2.40. The lowest BCUT2D eigenvalue weighted by Crippen LogP contribution is -2.48. The zero-order chi connectivity index (χ0) is 14.8. The maximum atomic E-state index is 13.4. The molecule has 20 heavy (non-hydrogen) atoms. The molecule has 110 valence electrons. The number of hydrogen-bond acceptors (Lipinski definition) is 3. The van der Waals surface area contributed by atoms with Crippen LogP contribution < -0.4 is 5.73 Å². The van der Waals surface area contributed by atoms with Crippen LogP contribution in [0.5, 0.6) is 0 Å². The minimum absolute atomic E-state index is 0.0857. The quantitative estimate of drug-likeness (QED) is 0.855. The van der Waals surface area contributed by atoms with Crippen LogP contribution >= 0.6 is 35.6 Å². The Hall–Kier alpha value is -0.360. The molecule has 0 radical (unpaired) electrons. The molecular weight excluding hydrogens is 315 g/mol. The number of thiocarbonyl (C=S) groups is 1. The molecule has 0 aromatic heterocycles. The minimum Gasteiger partial charge on any atom is -0.392 e. The van der Waals surface area contributed by atoms with E-state index in [1.165, 1.54) is 6.07 Å². The molecule has 1 aromatic carbocycles. The van der Waals surface area contributed by atoms with E-state index in [-0.39, 0.29) is 15.6 Å². The second-order valence-electron chi connectivity index (χ2n) is 5.05. The van der Waals surface area contributed by atoms with Gasteiger partial charge in [0, 0.05) is 19.6 Å². The van der Waals surface area contributed by atoms with Crippen molar-refractivity contribution in [3.05, 3.63) is 34.6 Å². The van der Waals surface area contributed by atoms with E-state index in [0.29, 0.717) is 11.5 Å². The molecule has 2 nitrogen and oxygen atoms in total. The average Bonchev–Trinajstić information content (AvgIpc) is 2.44. The molecule has 0 saturated carbocycles. The Bertz CT molecular complexity index is 502. The number of benzene rings is 1. The van der Waals surface area contributed by atoms with Crippen molar-refractivity contribution in [3.8, 4) is 0 Å². The third kappa shape index (κ3) is 3.27. The molecule has 0 amide bonds. The summed E-state index contributed by atoms with van der Waals surface area (Å²) in [6.45, 7) is 2.45. The summed E-state index contributed by atoms with van der Waals surface area (Å²) in [6.07, 6.45) is 3.91. The third-order valence-corrected chi connectivity index (χ3v) is 6.28. The molecule has 1 aliphatic rings. The van der Waals surface area contributed by atoms with Gasteiger partial charge in [0.25, 0.3) is 0 Å². The van der Waals surface area contributed by atoms with Crippen molar-refractivity contribution in [2.24, 2.45) is 5.73 Å². The van der Waals surface area contributed by atoms with Gasteiger partial charge in [0.2, 0.25) is 0 Å². The normalized spacial score (nSPS) is 18.9. The first-order valence-corrected chi connectivity index (χ1v) is 8.50. The van der Waals surface area contributed by atoms with E-state index in [0.717, 1.165) is 31.5 Å². The van der Waals surface area contributed by atoms with Crippen LogP contribution in [0, 0.1) is 5.82 Å². The van der Waals surface area contributed by atoms with Gasteiger partial charge in [-0.15, -0.1) is 0 Å². The minimum atomic E-state index is -0.359. The number of halogens is 2. The van der Waals surface area contributed by atoms with E-state index in [1.807, 2.05) is 6.07 Å². The van der Waals surface area contributed by atoms with Crippen molar-refractivity contribution in [2.75, 3.05) is 19.3 Å². The van der Waals surface area contributed by atoms with Crippen LogP contribution in [0.1, 0.15) is 18.4 Å². The zero-order valence-corrected chi connectivity index (χ0v) is 13.8. The first-order chi connectivity index (χ1) is 9.48. The monoisotopic (exact) mass is 332 g/mol. The van der Waals surface area contributed by atoms with Crippen LogP contribution in [-0.2, 0) is 6.54 Å². The number of nitrogens with zero attached hydrogens (tertiary/aromatic N) is 1. The molecular formula is C14H18ClFN2S2. The fraction of sp³-hybridized carbons (Fsp3) is 0.500. The molecule has 0 bridgehead atoms. The third-order valence-electron chi connectivity index (χ3n) is 3.93. The molecule has 1 fully saturated rings. The van der Waals surface area contributed by atoms with Crippen molar-refractivity contribution in [1.29, 1.82) is 0 Å². The van der Waals surface area contributed by atoms with Gasteiger partial charge in [-0.25, -0.2) is 4.39 Å². The van der Waals surface area contributed by atoms with Gasteiger partial charge in [0.1, 0.15) is 5.82 Å². The van der Waals surface area contributed by atoms with Gasteiger partial charge in [-0.1, -0.05) is 36.0 Å². The number of piperidine rings is 1. The van der Waals surface area contributed by atoms with Crippen molar-refractivity contribution >= 4 is 40.6 Å². The standard InChI is InChI=1S/C14H18ClFN2S2/c1-20-14(13(17)19)5-7-18(8-6-14)9-10-3-2-4-11(16)12(10)15/h2-4H,5-9H2,1H3,(H2,17,19). The predicted molar refractivity (Wildman–Crippen MR) is 89.0 cm³/mol. The van der Waals surface area contributed by atoms with Crippen LogP contribution in [0.4, 0.5) is 4.39 Å². The molecule has 2 N–H and O–H groups in total. The van der Waals surface area contributed by atoms with Crippen molar-refractivity contribution in [2.45, 2.75) is 24.1 Å². The second-order valence-corrected chi connectivity index (χ2v) is 7.06. The zero-order valence-electron chi connectivity index (χ0n) is 11.4. The van der Waals surface area contributed by atoms with Gasteiger partial charge < -0.3 is 5.73 Å². The molecule has 1 aliphatic heterocycles. The van der Waals surface area contributed by atoms with E-state index in [4.69, 9.17) is 29.6 Å². The molecule has 2 rings (SSSR count). The largest absolute Gasteiger partial charge is 0.392 e. The first-order valence-electron chi connectivity index (χ1n) is 6.49. The number of hydrogen-bond donors (Lipinski definition) is 1. The van der Waals surface area contributed by atoms with Crippen LogP contribution in [0.3, 0.4) is 0 Å². The second kappa shape index (κ2) is 6.60. The highest BCUT2D eigenvalue weighted by Crippen LogP contribution is 2.35. The van der Waals surface area contributed by atoms with Gasteiger partial charge in [-0.05, 0) is 30.7 Å². The summed E-state index contributed by atoms with van der Waals surface area (Å²) in [6, 6.07) is 4.95. The summed E-state index contributed by atoms with van der Waals surface area (Å²) >= 11 is 12.9. The van der Waals surface area contributed by atoms with Crippen molar-refractivity contribution in [3.63, 3.8) is 0 Å². The highest BCUT2D eigenvalue weighted by atomic mass is 35.5. The van der Waals surface area contributed by atoms with Gasteiger partial charge in [0.15, 0.2) is 0 Å². The molecule has 0 spiro atoms. The van der Waals surface area contributed by atoms with Crippen LogP contribution in [-0.4, -0.2) is 34.0 Å². The van der Waals surface area contributed by atoms with E-state index >= 15 is 0 Å². The van der Waals surface area contributed by atoms with E-state index in [9.17, 15) is 4.39 Å². The molecule has 0 atom stereocenters. The smallest absolute Gasteiger partial charge is 0.142 e. The molecule has 6 heteroatoms. The summed E-state index contributed by atoms with van der Waals surface area (Å²) < 4.78 is 13.3. The van der Waals surface area contributed by atoms with Crippen molar-refractivity contribution in [1.82, 2.24) is 4.90 Å². The van der Waals surface area contributed by atoms with E-state index in [2.05, 4.69) is 11.2 Å². The highest BCUT2D eigenvalue weighted by Gasteiger charge is 2.36. The summed E-state index contributed by atoms with van der Waals surface area (Å²) in [5.41, 5.74) is 6.71. The Morgan fingerprint density at radius 1 is 1.50 bits per heavy atom. The average molecular weight is 333 g/mol. The fourth-order valence-corrected chi connectivity index (χ4v) is 3.97. The Kier molecular flexibility index (Phi) is 5.29. The summed E-state index contributed by atoms with van der Waals surface area (Å²) in [4.78, 5) is 2.86. The lowest BCUT2D eigenvalue weighted by atomic mass is 9.95. The maximum absolute atomic E-state index is 13.4.